The summed E-state index contributed by atoms with van der Waals surface area (Å²) < 4.78 is 22.5. The minimum atomic E-state index is -0.711. The number of nitrogens with zero attached hydrogens (tertiary/aromatic N) is 1. The quantitative estimate of drug-likeness (QED) is 0.381. The third kappa shape index (κ3) is 3.69. The standard InChI is InChI=1S/C28H25NO6/c1-5-34-22-13-7-17(15-23(22)33-4)25-24-26(30)20-14-16(2)6-12-21(20)35-27(24)28(31)29(25)18-8-10-19(32-3)11-9-18/h6-15,25H,5H2,1-4H3. The summed E-state index contributed by atoms with van der Waals surface area (Å²) in [4.78, 5) is 29.1. The maximum Gasteiger partial charge on any atom is 0.295 e. The van der Waals surface area contributed by atoms with E-state index in [4.69, 9.17) is 18.6 Å². The predicted octanol–water partition coefficient (Wildman–Crippen LogP) is 5.27. The van der Waals surface area contributed by atoms with Gasteiger partial charge in [0.05, 0.1) is 37.8 Å². The molecule has 0 N–H and O–H groups in total. The zero-order valence-corrected chi connectivity index (χ0v) is 20.0. The minimum Gasteiger partial charge on any atom is -0.497 e. The fraction of sp³-hybridized carbons (Fsp3) is 0.214. The molecule has 35 heavy (non-hydrogen) atoms. The van der Waals surface area contributed by atoms with E-state index in [2.05, 4.69) is 0 Å². The smallest absolute Gasteiger partial charge is 0.295 e. The van der Waals surface area contributed by atoms with E-state index in [1.807, 2.05) is 26.0 Å². The normalized spacial score (nSPS) is 14.8. The average Bonchev–Trinajstić information content (AvgIpc) is 3.17. The molecule has 7 heteroatoms. The Bertz CT molecular complexity index is 1490. The first-order valence-corrected chi connectivity index (χ1v) is 11.3. The fourth-order valence-electron chi connectivity index (χ4n) is 4.54. The number of fused-ring (bicyclic) bond motifs is 2. The number of carbonyl (C=O) groups is 1. The van der Waals surface area contributed by atoms with Gasteiger partial charge in [0.1, 0.15) is 11.3 Å². The van der Waals surface area contributed by atoms with Crippen LogP contribution in [0.25, 0.3) is 11.0 Å². The van der Waals surface area contributed by atoms with Gasteiger partial charge in [-0.15, -0.1) is 0 Å². The summed E-state index contributed by atoms with van der Waals surface area (Å²) >= 11 is 0. The molecule has 0 aliphatic carbocycles. The van der Waals surface area contributed by atoms with E-state index in [-0.39, 0.29) is 17.1 Å². The van der Waals surface area contributed by atoms with E-state index in [0.717, 1.165) is 5.56 Å². The summed E-state index contributed by atoms with van der Waals surface area (Å²) in [6.45, 7) is 4.28. The van der Waals surface area contributed by atoms with Crippen molar-refractivity contribution < 1.29 is 23.4 Å². The fourth-order valence-corrected chi connectivity index (χ4v) is 4.54. The third-order valence-electron chi connectivity index (χ3n) is 6.18. The number of carbonyl (C=O) groups excluding carboxylic acids is 1. The number of ether oxygens (including phenoxy) is 3. The Kier molecular flexibility index (Phi) is 5.68. The van der Waals surface area contributed by atoms with Crippen LogP contribution in [0.1, 0.15) is 40.2 Å². The molecule has 7 nitrogen and oxygen atoms in total. The highest BCUT2D eigenvalue weighted by atomic mass is 16.5. The summed E-state index contributed by atoms with van der Waals surface area (Å²) in [5.74, 6) is 1.41. The predicted molar refractivity (Wildman–Crippen MR) is 133 cm³/mol. The van der Waals surface area contributed by atoms with Crippen LogP contribution < -0.4 is 24.5 Å². The van der Waals surface area contributed by atoms with Crippen molar-refractivity contribution in [2.24, 2.45) is 0 Å². The lowest BCUT2D eigenvalue weighted by molar-refractivity contribution is 0.0971. The molecule has 178 valence electrons. The zero-order chi connectivity index (χ0) is 24.7. The zero-order valence-electron chi connectivity index (χ0n) is 20.0. The Morgan fingerprint density at radius 3 is 2.37 bits per heavy atom. The highest BCUT2D eigenvalue weighted by Crippen LogP contribution is 2.43. The van der Waals surface area contributed by atoms with E-state index in [0.29, 0.717) is 51.6 Å². The van der Waals surface area contributed by atoms with Crippen molar-refractivity contribution in [3.8, 4) is 17.2 Å². The molecule has 1 aliphatic rings. The first-order chi connectivity index (χ1) is 17.0. The van der Waals surface area contributed by atoms with Gasteiger partial charge in [0, 0.05) is 5.69 Å². The van der Waals surface area contributed by atoms with Crippen LogP contribution in [0, 0.1) is 6.92 Å². The van der Waals surface area contributed by atoms with E-state index in [1.54, 1.807) is 67.7 Å². The highest BCUT2D eigenvalue weighted by molar-refractivity contribution is 6.10. The Hall–Kier alpha value is -4.26. The second kappa shape index (κ2) is 8.83. The molecule has 0 spiro atoms. The molecule has 1 aromatic heterocycles. The molecule has 5 rings (SSSR count). The van der Waals surface area contributed by atoms with Crippen molar-refractivity contribution >= 4 is 22.6 Å². The Balaban J connectivity index is 1.77. The average molecular weight is 472 g/mol. The molecule has 1 atom stereocenters. The SMILES string of the molecule is CCOc1ccc(C2c3c(oc4ccc(C)cc4c3=O)C(=O)N2c2ccc(OC)cc2)cc1OC. The first-order valence-electron chi connectivity index (χ1n) is 11.3. The van der Waals surface area contributed by atoms with Gasteiger partial charge in [-0.2, -0.15) is 0 Å². The van der Waals surface area contributed by atoms with Crippen LogP contribution in [-0.4, -0.2) is 26.7 Å². The number of methoxy groups -OCH3 is 2. The van der Waals surface area contributed by atoms with Gasteiger partial charge in [0.25, 0.3) is 5.91 Å². The number of hydrogen-bond acceptors (Lipinski definition) is 6. The number of rotatable bonds is 6. The van der Waals surface area contributed by atoms with E-state index < -0.39 is 6.04 Å². The van der Waals surface area contributed by atoms with Crippen molar-refractivity contribution in [2.45, 2.75) is 19.9 Å². The van der Waals surface area contributed by atoms with Gasteiger partial charge in [0.2, 0.25) is 5.76 Å². The molecule has 3 aromatic carbocycles. The van der Waals surface area contributed by atoms with E-state index in [9.17, 15) is 9.59 Å². The third-order valence-corrected chi connectivity index (χ3v) is 6.18. The molecule has 2 heterocycles. The van der Waals surface area contributed by atoms with Crippen LogP contribution in [0.15, 0.2) is 69.9 Å². The summed E-state index contributed by atoms with van der Waals surface area (Å²) in [6.07, 6.45) is 0. The van der Waals surface area contributed by atoms with E-state index in [1.165, 1.54) is 0 Å². The Morgan fingerprint density at radius 2 is 1.69 bits per heavy atom. The van der Waals surface area contributed by atoms with Crippen LogP contribution >= 0.6 is 0 Å². The first kappa shape index (κ1) is 22.5. The molecule has 4 aromatic rings. The molecule has 1 aliphatic heterocycles. The summed E-state index contributed by atoms with van der Waals surface area (Å²) in [5, 5.41) is 0.441. The van der Waals surface area contributed by atoms with Crippen LogP contribution in [0.2, 0.25) is 0 Å². The largest absolute Gasteiger partial charge is 0.497 e. The van der Waals surface area contributed by atoms with Gasteiger partial charge in [0.15, 0.2) is 16.9 Å². The van der Waals surface area contributed by atoms with Gasteiger partial charge in [-0.3, -0.25) is 14.5 Å². The van der Waals surface area contributed by atoms with Gasteiger partial charge < -0.3 is 18.6 Å². The number of aryl methyl sites for hydroxylation is 1. The maximum atomic E-state index is 13.8. The number of amides is 1. The Morgan fingerprint density at radius 1 is 0.914 bits per heavy atom. The maximum absolute atomic E-state index is 13.8. The van der Waals surface area contributed by atoms with Crippen molar-refractivity contribution in [2.75, 3.05) is 25.7 Å². The molecule has 0 fully saturated rings. The lowest BCUT2D eigenvalue weighted by atomic mass is 9.97. The van der Waals surface area contributed by atoms with Crippen molar-refractivity contribution in [3.05, 3.63) is 93.3 Å². The van der Waals surface area contributed by atoms with Gasteiger partial charge in [-0.1, -0.05) is 17.7 Å². The number of benzene rings is 3. The molecule has 0 bridgehead atoms. The van der Waals surface area contributed by atoms with E-state index >= 15 is 0 Å². The van der Waals surface area contributed by atoms with Crippen LogP contribution in [0.3, 0.4) is 0 Å². The second-order valence-electron chi connectivity index (χ2n) is 8.29. The van der Waals surface area contributed by atoms with Crippen molar-refractivity contribution in [1.82, 2.24) is 0 Å². The molecular weight excluding hydrogens is 446 g/mol. The highest BCUT2D eigenvalue weighted by Gasteiger charge is 2.44. The van der Waals surface area contributed by atoms with Gasteiger partial charge >= 0.3 is 0 Å². The minimum absolute atomic E-state index is 0.0417. The Labute approximate surface area is 202 Å². The van der Waals surface area contributed by atoms with Crippen molar-refractivity contribution in [1.29, 1.82) is 0 Å². The van der Waals surface area contributed by atoms with Crippen molar-refractivity contribution in [3.63, 3.8) is 0 Å². The molecule has 1 unspecified atom stereocenters. The monoisotopic (exact) mass is 471 g/mol. The molecular formula is C28H25NO6. The van der Waals surface area contributed by atoms with Gasteiger partial charge in [-0.05, 0) is 67.9 Å². The topological polar surface area (TPSA) is 78.2 Å². The molecule has 0 radical (unpaired) electrons. The number of anilines is 1. The van der Waals surface area contributed by atoms with Crippen LogP contribution in [0.5, 0.6) is 17.2 Å². The second-order valence-corrected chi connectivity index (χ2v) is 8.29. The summed E-state index contributed by atoms with van der Waals surface area (Å²) in [7, 11) is 3.14. The van der Waals surface area contributed by atoms with Crippen LogP contribution in [-0.2, 0) is 0 Å². The number of hydrogen-bond donors (Lipinski definition) is 0. The van der Waals surface area contributed by atoms with Crippen LogP contribution in [0.4, 0.5) is 5.69 Å². The molecule has 0 saturated carbocycles. The summed E-state index contributed by atoms with van der Waals surface area (Å²) in [5.41, 5.74) is 2.70. The van der Waals surface area contributed by atoms with Gasteiger partial charge in [-0.25, -0.2) is 0 Å². The lowest BCUT2D eigenvalue weighted by Gasteiger charge is -2.26. The lowest BCUT2D eigenvalue weighted by Crippen LogP contribution is -2.29. The summed E-state index contributed by atoms with van der Waals surface area (Å²) in [6, 6.07) is 17.2. The molecule has 1 amide bonds. The molecule has 0 saturated heterocycles.